The zero-order chi connectivity index (χ0) is 23.3. The summed E-state index contributed by atoms with van der Waals surface area (Å²) in [5.41, 5.74) is 0.261. The van der Waals surface area contributed by atoms with Crippen LogP contribution in [0.2, 0.25) is 0 Å². The van der Waals surface area contributed by atoms with Gasteiger partial charge in [0.05, 0.1) is 17.1 Å². The molecule has 32 heavy (non-hydrogen) atoms. The normalized spacial score (nSPS) is 17.0. The van der Waals surface area contributed by atoms with Crippen LogP contribution >= 0.6 is 0 Å². The van der Waals surface area contributed by atoms with Crippen molar-refractivity contribution >= 4 is 39.7 Å². The maximum atomic E-state index is 14.5. The van der Waals surface area contributed by atoms with Crippen molar-refractivity contribution in [1.82, 2.24) is 4.90 Å². The first kappa shape index (κ1) is 23.4. The molecule has 0 unspecified atom stereocenters. The summed E-state index contributed by atoms with van der Waals surface area (Å²) in [6, 6.07) is 0.354. The fourth-order valence-electron chi connectivity index (χ4n) is 3.48. The van der Waals surface area contributed by atoms with Crippen LogP contribution in [0.5, 0.6) is 0 Å². The molecule has 0 aliphatic carbocycles. The lowest BCUT2D eigenvalue weighted by Crippen LogP contribution is -2.40. The molecule has 0 atom stereocenters. The molecule has 0 bridgehead atoms. The third-order valence-corrected chi connectivity index (χ3v) is 5.48. The number of carbonyl (C=O) groups is 2. The predicted octanol–water partition coefficient (Wildman–Crippen LogP) is 2.67. The highest BCUT2D eigenvalue weighted by Crippen LogP contribution is 2.28. The van der Waals surface area contributed by atoms with E-state index in [1.165, 1.54) is 4.90 Å². The molecule has 0 spiro atoms. The van der Waals surface area contributed by atoms with Crippen LogP contribution < -0.4 is 10.2 Å². The number of carbonyl (C=O) groups excluding carboxylic acids is 1. The van der Waals surface area contributed by atoms with Crippen LogP contribution in [-0.2, 0) is 15.3 Å². The minimum atomic E-state index is -3.01. The summed E-state index contributed by atoms with van der Waals surface area (Å²) in [6.45, 7) is 1.52. The lowest BCUT2D eigenvalue weighted by molar-refractivity contribution is 0.0127. The van der Waals surface area contributed by atoms with Crippen molar-refractivity contribution < 1.29 is 36.7 Å². The summed E-state index contributed by atoms with van der Waals surface area (Å²) in [7, 11) is -3.01. The summed E-state index contributed by atoms with van der Waals surface area (Å²) < 4.78 is 52.1. The van der Waals surface area contributed by atoms with Gasteiger partial charge in [0, 0.05) is 64.0 Å². The highest BCUT2D eigenvalue weighted by molar-refractivity contribution is 7.62. The highest BCUT2D eigenvalue weighted by atomic mass is 32.2. The molecule has 3 amide bonds. The van der Waals surface area contributed by atoms with Crippen LogP contribution in [-0.4, -0.2) is 68.5 Å². The van der Waals surface area contributed by atoms with Crippen LogP contribution in [0.1, 0.15) is 25.7 Å². The van der Waals surface area contributed by atoms with Crippen LogP contribution in [0.25, 0.3) is 0 Å². The molecule has 2 aliphatic heterocycles. The molecule has 2 fully saturated rings. The number of carboxylic acid groups (broad SMARTS) is 1. The standard InChI is InChI=1S/C18H21F2N5O6S/c19-13-10-16(14(20)9-15(13)21-17(26)23-32(29)30)24-5-1-11(2-6-24)22-31-12-3-7-25(8-4-12)18(27)28/h9-10,12H,1-8H2,(H,21,26)(H,27,28). The smallest absolute Gasteiger partial charge is 0.407 e. The van der Waals surface area contributed by atoms with Crippen molar-refractivity contribution in [3.05, 3.63) is 23.8 Å². The van der Waals surface area contributed by atoms with Crippen molar-refractivity contribution in [2.24, 2.45) is 9.52 Å². The summed E-state index contributed by atoms with van der Waals surface area (Å²) in [5.74, 6) is -1.72. The van der Waals surface area contributed by atoms with Gasteiger partial charge in [-0.25, -0.2) is 18.4 Å². The molecule has 1 aromatic carbocycles. The number of urea groups is 1. The quantitative estimate of drug-likeness (QED) is 0.641. The van der Waals surface area contributed by atoms with E-state index in [1.54, 1.807) is 4.90 Å². The first-order chi connectivity index (χ1) is 15.2. The molecule has 2 aliphatic rings. The maximum absolute atomic E-state index is 14.5. The van der Waals surface area contributed by atoms with E-state index in [0.29, 0.717) is 51.9 Å². The lowest BCUT2D eigenvalue weighted by Gasteiger charge is -2.31. The van der Waals surface area contributed by atoms with Gasteiger partial charge in [0.2, 0.25) is 0 Å². The summed E-state index contributed by atoms with van der Waals surface area (Å²) in [5, 5.41) is 15.0. The zero-order valence-corrected chi connectivity index (χ0v) is 17.6. The number of hydrogen-bond acceptors (Lipinski definition) is 7. The number of nitrogens with zero attached hydrogens (tertiary/aromatic N) is 4. The molecule has 14 heteroatoms. The van der Waals surface area contributed by atoms with Gasteiger partial charge in [0.25, 0.3) is 0 Å². The molecule has 2 heterocycles. The molecule has 3 rings (SSSR count). The average molecular weight is 473 g/mol. The van der Waals surface area contributed by atoms with Gasteiger partial charge in [0.1, 0.15) is 17.7 Å². The number of amides is 3. The molecule has 0 radical (unpaired) electrons. The van der Waals surface area contributed by atoms with Gasteiger partial charge in [0.15, 0.2) is 0 Å². The molecule has 2 saturated heterocycles. The van der Waals surface area contributed by atoms with Crippen LogP contribution in [0.4, 0.5) is 29.7 Å². The number of oxime groups is 1. The Bertz CT molecular complexity index is 1040. The third-order valence-electron chi connectivity index (χ3n) is 5.16. The Balaban J connectivity index is 1.55. The summed E-state index contributed by atoms with van der Waals surface area (Å²) in [6.07, 6.45) is 0.955. The van der Waals surface area contributed by atoms with Crippen molar-refractivity contribution in [1.29, 1.82) is 0 Å². The number of anilines is 2. The monoisotopic (exact) mass is 473 g/mol. The fourth-order valence-corrected chi connectivity index (χ4v) is 3.66. The highest BCUT2D eigenvalue weighted by Gasteiger charge is 2.25. The number of nitrogens with one attached hydrogen (secondary N) is 1. The van der Waals surface area contributed by atoms with E-state index in [-0.39, 0.29) is 11.8 Å². The topological polar surface area (TPSA) is 141 Å². The van der Waals surface area contributed by atoms with Crippen molar-refractivity contribution in [3.8, 4) is 0 Å². The van der Waals surface area contributed by atoms with E-state index in [0.717, 1.165) is 17.8 Å². The van der Waals surface area contributed by atoms with Crippen LogP contribution in [0, 0.1) is 11.6 Å². The molecule has 11 nitrogen and oxygen atoms in total. The largest absolute Gasteiger partial charge is 0.465 e. The SMILES string of the molecule is O=C(N=S(=O)=O)Nc1cc(F)c(N2CCC(=NOC3CCN(C(=O)O)CC3)CC2)cc1F. The number of piperidine rings is 2. The van der Waals surface area contributed by atoms with Gasteiger partial charge in [-0.3, -0.25) is 0 Å². The van der Waals surface area contributed by atoms with Gasteiger partial charge in [-0.1, -0.05) is 9.52 Å². The lowest BCUT2D eigenvalue weighted by atomic mass is 10.1. The van der Waals surface area contributed by atoms with E-state index < -0.39 is 39.9 Å². The molecule has 0 saturated carbocycles. The summed E-state index contributed by atoms with van der Waals surface area (Å²) >= 11 is 0. The average Bonchev–Trinajstić information content (AvgIpc) is 2.75. The van der Waals surface area contributed by atoms with E-state index in [4.69, 9.17) is 9.94 Å². The van der Waals surface area contributed by atoms with Crippen molar-refractivity contribution in [3.63, 3.8) is 0 Å². The van der Waals surface area contributed by atoms with Crippen LogP contribution in [0.3, 0.4) is 0 Å². The molecule has 0 aromatic heterocycles. The Morgan fingerprint density at radius 3 is 2.34 bits per heavy atom. The fraction of sp³-hybridized carbons (Fsp3) is 0.500. The Hall–Kier alpha value is -3.29. The first-order valence-electron chi connectivity index (χ1n) is 9.78. The number of hydrogen-bond donors (Lipinski definition) is 2. The Labute approximate surface area is 183 Å². The van der Waals surface area contributed by atoms with E-state index in [1.807, 2.05) is 5.32 Å². The van der Waals surface area contributed by atoms with E-state index in [9.17, 15) is 26.8 Å². The van der Waals surface area contributed by atoms with Gasteiger partial charge in [-0.2, -0.15) is 8.42 Å². The second-order valence-corrected chi connectivity index (χ2v) is 7.86. The van der Waals surface area contributed by atoms with Gasteiger partial charge >= 0.3 is 22.6 Å². The van der Waals surface area contributed by atoms with Crippen molar-refractivity contribution in [2.75, 3.05) is 36.4 Å². The van der Waals surface area contributed by atoms with Crippen LogP contribution in [0.15, 0.2) is 21.7 Å². The zero-order valence-electron chi connectivity index (χ0n) is 16.8. The summed E-state index contributed by atoms with van der Waals surface area (Å²) in [4.78, 5) is 30.7. The van der Waals surface area contributed by atoms with E-state index in [2.05, 4.69) is 9.52 Å². The van der Waals surface area contributed by atoms with E-state index >= 15 is 0 Å². The second-order valence-electron chi connectivity index (χ2n) is 7.24. The number of likely N-dealkylation sites (tertiary alicyclic amines) is 1. The van der Waals surface area contributed by atoms with Gasteiger partial charge in [-0.05, 0) is 0 Å². The molecule has 2 N–H and O–H groups in total. The van der Waals surface area contributed by atoms with Gasteiger partial charge in [-0.15, -0.1) is 0 Å². The number of halogens is 2. The molecule has 1 aromatic rings. The van der Waals surface area contributed by atoms with Gasteiger partial charge < -0.3 is 25.1 Å². The predicted molar refractivity (Wildman–Crippen MR) is 109 cm³/mol. The molecular weight excluding hydrogens is 452 g/mol. The Kier molecular flexibility index (Phi) is 7.56. The van der Waals surface area contributed by atoms with Crippen molar-refractivity contribution in [2.45, 2.75) is 31.8 Å². The molecular formula is C18H21F2N5O6S. The molecule has 174 valence electrons. The third kappa shape index (κ3) is 6.12. The minimum Gasteiger partial charge on any atom is -0.465 e. The number of benzene rings is 1. The Morgan fingerprint density at radius 2 is 1.75 bits per heavy atom. The Morgan fingerprint density at radius 1 is 1.09 bits per heavy atom. The first-order valence-corrected chi connectivity index (χ1v) is 10.8. The number of rotatable bonds is 4. The minimum absolute atomic E-state index is 0.00542. The maximum Gasteiger partial charge on any atom is 0.407 e. The second kappa shape index (κ2) is 10.3.